The molecular weight excluding hydrogens is 558 g/mol. The number of hydrogen-bond donors (Lipinski definition) is 1. The van der Waals surface area contributed by atoms with Crippen LogP contribution in [0, 0.1) is 6.92 Å². The molecule has 0 aliphatic heterocycles. The largest absolute Gasteiger partial charge is 0.357 e. The zero-order valence-corrected chi connectivity index (χ0v) is 24.5. The van der Waals surface area contributed by atoms with Crippen LogP contribution in [0.25, 0.3) is 0 Å². The van der Waals surface area contributed by atoms with Gasteiger partial charge >= 0.3 is 0 Å². The van der Waals surface area contributed by atoms with Crippen LogP contribution in [-0.4, -0.2) is 44.8 Å². The lowest BCUT2D eigenvalue weighted by molar-refractivity contribution is -0.139. The third-order valence-corrected chi connectivity index (χ3v) is 8.77. The number of nitrogens with one attached hydrogen (secondary N) is 1. The van der Waals surface area contributed by atoms with E-state index >= 15 is 0 Å². The second kappa shape index (κ2) is 13.5. The first kappa shape index (κ1) is 29.8. The molecule has 0 aromatic heterocycles. The highest BCUT2D eigenvalue weighted by atomic mass is 35.5. The molecule has 0 fully saturated rings. The quantitative estimate of drug-likeness (QED) is 0.260. The molecule has 0 aliphatic carbocycles. The molecule has 4 aromatic rings. The fraction of sp³-hybridized carbons (Fsp3) is 0.188. The lowest BCUT2D eigenvalue weighted by atomic mass is 10.0. The minimum atomic E-state index is -4.18. The number of benzene rings is 4. The molecule has 0 saturated heterocycles. The van der Waals surface area contributed by atoms with E-state index < -0.39 is 28.5 Å². The van der Waals surface area contributed by atoms with Crippen molar-refractivity contribution in [2.75, 3.05) is 17.9 Å². The zero-order valence-electron chi connectivity index (χ0n) is 22.9. The predicted molar refractivity (Wildman–Crippen MR) is 162 cm³/mol. The van der Waals surface area contributed by atoms with E-state index in [4.69, 9.17) is 11.6 Å². The van der Waals surface area contributed by atoms with Crippen LogP contribution >= 0.6 is 11.6 Å². The summed E-state index contributed by atoms with van der Waals surface area (Å²) in [6, 6.07) is 30.7. The number of aryl methyl sites for hydroxylation is 1. The second-order valence-electron chi connectivity index (χ2n) is 9.58. The Bertz CT molecular complexity index is 1580. The monoisotopic (exact) mass is 589 g/mol. The van der Waals surface area contributed by atoms with Crippen LogP contribution in [0.4, 0.5) is 5.69 Å². The molecule has 1 N–H and O–H groups in total. The Morgan fingerprint density at radius 3 is 1.98 bits per heavy atom. The maximum Gasteiger partial charge on any atom is 0.264 e. The molecule has 0 spiro atoms. The van der Waals surface area contributed by atoms with E-state index in [-0.39, 0.29) is 29.5 Å². The third kappa shape index (κ3) is 7.34. The van der Waals surface area contributed by atoms with Gasteiger partial charge in [-0.1, -0.05) is 96.5 Å². The Morgan fingerprint density at radius 1 is 0.829 bits per heavy atom. The van der Waals surface area contributed by atoms with E-state index in [9.17, 15) is 18.0 Å². The van der Waals surface area contributed by atoms with E-state index in [0.717, 1.165) is 15.4 Å². The number of anilines is 1. The van der Waals surface area contributed by atoms with Crippen LogP contribution < -0.4 is 9.62 Å². The van der Waals surface area contributed by atoms with Crippen molar-refractivity contribution in [2.45, 2.75) is 30.8 Å². The summed E-state index contributed by atoms with van der Waals surface area (Å²) in [6.45, 7) is 1.33. The van der Waals surface area contributed by atoms with Crippen molar-refractivity contribution >= 4 is 39.1 Å². The van der Waals surface area contributed by atoms with Gasteiger partial charge in [-0.3, -0.25) is 13.9 Å². The Kier molecular flexibility index (Phi) is 9.81. The maximum atomic E-state index is 14.3. The summed E-state index contributed by atoms with van der Waals surface area (Å²) in [5, 5.41) is 3.02. The van der Waals surface area contributed by atoms with Gasteiger partial charge in [0.25, 0.3) is 10.0 Å². The number of nitrogens with zero attached hydrogens (tertiary/aromatic N) is 2. The Hall–Kier alpha value is -4.14. The lowest BCUT2D eigenvalue weighted by Crippen LogP contribution is -2.53. The highest BCUT2D eigenvalue weighted by molar-refractivity contribution is 7.92. The third-order valence-electron chi connectivity index (χ3n) is 6.76. The van der Waals surface area contributed by atoms with Gasteiger partial charge < -0.3 is 10.2 Å². The number of carbonyl (C=O) groups excluding carboxylic acids is 2. The van der Waals surface area contributed by atoms with Gasteiger partial charge in [-0.05, 0) is 47.9 Å². The molecule has 0 unspecified atom stereocenters. The van der Waals surface area contributed by atoms with Crippen molar-refractivity contribution in [3.8, 4) is 0 Å². The summed E-state index contributed by atoms with van der Waals surface area (Å²) in [4.78, 5) is 29.0. The minimum Gasteiger partial charge on any atom is -0.357 e. The first-order valence-corrected chi connectivity index (χ1v) is 15.0. The van der Waals surface area contributed by atoms with Crippen LogP contribution in [0.15, 0.2) is 114 Å². The van der Waals surface area contributed by atoms with Crippen molar-refractivity contribution in [3.05, 3.63) is 131 Å². The first-order valence-electron chi connectivity index (χ1n) is 13.1. The van der Waals surface area contributed by atoms with Crippen LogP contribution in [0.2, 0.25) is 5.02 Å². The van der Waals surface area contributed by atoms with E-state index in [1.165, 1.54) is 30.1 Å². The van der Waals surface area contributed by atoms with Gasteiger partial charge in [-0.25, -0.2) is 8.42 Å². The summed E-state index contributed by atoms with van der Waals surface area (Å²) in [5.74, 6) is -0.883. The van der Waals surface area contributed by atoms with Crippen molar-refractivity contribution in [1.82, 2.24) is 10.2 Å². The molecular formula is C32H32ClN3O4S. The molecule has 0 saturated carbocycles. The number of likely N-dealkylation sites (N-methyl/N-ethyl adjacent to an activating group) is 1. The first-order chi connectivity index (χ1) is 19.7. The summed E-state index contributed by atoms with van der Waals surface area (Å²) >= 11 is 6.29. The average Bonchev–Trinajstić information content (AvgIpc) is 3.00. The zero-order chi connectivity index (χ0) is 29.4. The molecule has 4 aromatic carbocycles. The number of halogens is 1. The van der Waals surface area contributed by atoms with Gasteiger partial charge in [-0.2, -0.15) is 0 Å². The van der Waals surface area contributed by atoms with Gasteiger partial charge in [0.05, 0.1) is 10.6 Å². The van der Waals surface area contributed by atoms with Gasteiger partial charge in [-0.15, -0.1) is 0 Å². The summed E-state index contributed by atoms with van der Waals surface area (Å²) in [7, 11) is -2.66. The normalized spacial score (nSPS) is 11.9. The van der Waals surface area contributed by atoms with Gasteiger partial charge in [0, 0.05) is 25.0 Å². The van der Waals surface area contributed by atoms with Crippen molar-refractivity contribution in [1.29, 1.82) is 0 Å². The Labute approximate surface area is 246 Å². The second-order valence-corrected chi connectivity index (χ2v) is 11.9. The standard InChI is InChI=1S/C32H32ClN3O4S/c1-24-18-19-27(33)21-29(24)36(41(39,40)28-16-10-5-11-17-28)23-31(37)35(22-26-14-8-4-9-15-26)30(32(38)34-2)20-25-12-6-3-7-13-25/h3-19,21,30H,20,22-23H2,1-2H3,(H,34,38)/t30-/m1/s1. The molecule has 1 atom stereocenters. The summed E-state index contributed by atoms with van der Waals surface area (Å²) < 4.78 is 29.1. The van der Waals surface area contributed by atoms with Crippen LogP contribution in [0.3, 0.4) is 0 Å². The highest BCUT2D eigenvalue weighted by Crippen LogP contribution is 2.30. The van der Waals surface area contributed by atoms with Crippen molar-refractivity contribution < 1.29 is 18.0 Å². The van der Waals surface area contributed by atoms with Crippen LogP contribution in [-0.2, 0) is 32.6 Å². The number of carbonyl (C=O) groups is 2. The molecule has 212 valence electrons. The predicted octanol–water partition coefficient (Wildman–Crippen LogP) is 5.23. The SMILES string of the molecule is CNC(=O)[C@@H](Cc1ccccc1)N(Cc1ccccc1)C(=O)CN(c1cc(Cl)ccc1C)S(=O)(=O)c1ccccc1. The van der Waals surface area contributed by atoms with E-state index in [1.807, 2.05) is 60.7 Å². The van der Waals surface area contributed by atoms with E-state index in [1.54, 1.807) is 37.3 Å². The molecule has 4 rings (SSSR count). The van der Waals surface area contributed by atoms with Crippen molar-refractivity contribution in [3.63, 3.8) is 0 Å². The van der Waals surface area contributed by atoms with Crippen molar-refractivity contribution in [2.24, 2.45) is 0 Å². The number of hydrogen-bond acceptors (Lipinski definition) is 4. The van der Waals surface area contributed by atoms with Gasteiger partial charge in [0.15, 0.2) is 0 Å². The molecule has 0 radical (unpaired) electrons. The minimum absolute atomic E-state index is 0.0360. The molecule has 9 heteroatoms. The summed E-state index contributed by atoms with van der Waals surface area (Å²) in [6.07, 6.45) is 0.251. The number of amides is 2. The fourth-order valence-corrected chi connectivity index (χ4v) is 6.24. The number of sulfonamides is 1. The topological polar surface area (TPSA) is 86.8 Å². The fourth-order valence-electron chi connectivity index (χ4n) is 4.58. The van der Waals surface area contributed by atoms with Crippen LogP contribution in [0.5, 0.6) is 0 Å². The highest BCUT2D eigenvalue weighted by Gasteiger charge is 2.34. The maximum absolute atomic E-state index is 14.3. The van der Waals surface area contributed by atoms with E-state index in [0.29, 0.717) is 10.6 Å². The molecule has 2 amide bonds. The molecule has 41 heavy (non-hydrogen) atoms. The van der Waals surface area contributed by atoms with Crippen LogP contribution in [0.1, 0.15) is 16.7 Å². The number of rotatable bonds is 11. The molecule has 7 nitrogen and oxygen atoms in total. The Balaban J connectivity index is 1.80. The lowest BCUT2D eigenvalue weighted by Gasteiger charge is -2.34. The molecule has 0 bridgehead atoms. The Morgan fingerprint density at radius 2 is 1.39 bits per heavy atom. The van der Waals surface area contributed by atoms with Gasteiger partial charge in [0.1, 0.15) is 12.6 Å². The molecule has 0 aliphatic rings. The smallest absolute Gasteiger partial charge is 0.264 e. The summed E-state index contributed by atoms with van der Waals surface area (Å²) in [5.41, 5.74) is 2.59. The average molecular weight is 590 g/mol. The van der Waals surface area contributed by atoms with E-state index in [2.05, 4.69) is 5.32 Å². The van der Waals surface area contributed by atoms with Gasteiger partial charge in [0.2, 0.25) is 11.8 Å². The molecule has 0 heterocycles.